The van der Waals surface area contributed by atoms with Gasteiger partial charge in [0.15, 0.2) is 5.78 Å². The van der Waals surface area contributed by atoms with Gasteiger partial charge in [0.05, 0.1) is 13.7 Å². The Labute approximate surface area is 83.2 Å². The molecule has 4 heteroatoms. The first-order chi connectivity index (χ1) is 6.63. The highest BCUT2D eigenvalue weighted by atomic mass is 16.5. The van der Waals surface area contributed by atoms with Crippen molar-refractivity contribution in [2.75, 3.05) is 20.7 Å². The number of carbonyl (C=O) groups excluding carboxylic acids is 1. The summed E-state index contributed by atoms with van der Waals surface area (Å²) in [6.07, 6.45) is 0. The van der Waals surface area contributed by atoms with E-state index in [1.807, 2.05) is 0 Å². The maximum Gasteiger partial charge on any atom is 0.178 e. The van der Waals surface area contributed by atoms with Crippen LogP contribution in [0.25, 0.3) is 0 Å². The van der Waals surface area contributed by atoms with E-state index in [1.165, 1.54) is 5.01 Å². The summed E-state index contributed by atoms with van der Waals surface area (Å²) in [6, 6.07) is 6.96. The van der Waals surface area contributed by atoms with Crippen molar-refractivity contribution in [3.8, 4) is 5.75 Å². The second-order valence-corrected chi connectivity index (χ2v) is 3.07. The summed E-state index contributed by atoms with van der Waals surface area (Å²) in [7, 11) is 3.24. The van der Waals surface area contributed by atoms with Gasteiger partial charge in [0.1, 0.15) is 5.75 Å². The lowest BCUT2D eigenvalue weighted by Gasteiger charge is -2.08. The normalized spacial score (nSPS) is 10.3. The lowest BCUT2D eigenvalue weighted by Crippen LogP contribution is -2.31. The van der Waals surface area contributed by atoms with Crippen molar-refractivity contribution < 1.29 is 9.53 Å². The molecule has 0 aliphatic rings. The van der Waals surface area contributed by atoms with E-state index in [-0.39, 0.29) is 12.3 Å². The van der Waals surface area contributed by atoms with Gasteiger partial charge in [-0.15, -0.1) is 0 Å². The van der Waals surface area contributed by atoms with E-state index in [0.717, 1.165) is 5.75 Å². The quantitative estimate of drug-likeness (QED) is 0.435. The number of likely N-dealkylation sites (N-methyl/N-ethyl adjacent to an activating group) is 1. The van der Waals surface area contributed by atoms with E-state index in [9.17, 15) is 4.79 Å². The molecule has 0 fully saturated rings. The molecule has 4 nitrogen and oxygen atoms in total. The molecule has 0 atom stereocenters. The zero-order chi connectivity index (χ0) is 10.6. The molecule has 0 spiro atoms. The van der Waals surface area contributed by atoms with Crippen LogP contribution in [0, 0.1) is 0 Å². The largest absolute Gasteiger partial charge is 0.497 e. The summed E-state index contributed by atoms with van der Waals surface area (Å²) in [4.78, 5) is 11.5. The van der Waals surface area contributed by atoms with Gasteiger partial charge in [-0.05, 0) is 24.3 Å². The Morgan fingerprint density at radius 1 is 1.43 bits per heavy atom. The Morgan fingerprint density at radius 2 is 2.00 bits per heavy atom. The number of hydrazine groups is 1. The monoisotopic (exact) mass is 194 g/mol. The third kappa shape index (κ3) is 2.83. The highest BCUT2D eigenvalue weighted by Crippen LogP contribution is 2.11. The minimum Gasteiger partial charge on any atom is -0.497 e. The van der Waals surface area contributed by atoms with Gasteiger partial charge in [-0.3, -0.25) is 10.6 Å². The number of Topliss-reactive ketones (excluding diaryl/α,β-unsaturated/α-hetero) is 1. The van der Waals surface area contributed by atoms with Crippen molar-refractivity contribution >= 4 is 5.78 Å². The molecule has 1 aromatic carbocycles. The number of hydrogen-bond donors (Lipinski definition) is 1. The topological polar surface area (TPSA) is 55.6 Å². The maximum absolute atomic E-state index is 11.5. The Kier molecular flexibility index (Phi) is 3.62. The number of benzene rings is 1. The second-order valence-electron chi connectivity index (χ2n) is 3.07. The van der Waals surface area contributed by atoms with Crippen LogP contribution in [0.1, 0.15) is 10.4 Å². The van der Waals surface area contributed by atoms with Gasteiger partial charge < -0.3 is 4.74 Å². The van der Waals surface area contributed by atoms with Gasteiger partial charge in [-0.2, -0.15) is 0 Å². The molecule has 0 bridgehead atoms. The zero-order valence-electron chi connectivity index (χ0n) is 8.36. The van der Waals surface area contributed by atoms with Crippen LogP contribution in [-0.2, 0) is 0 Å². The Balaban J connectivity index is 2.71. The van der Waals surface area contributed by atoms with Gasteiger partial charge in [-0.25, -0.2) is 5.01 Å². The van der Waals surface area contributed by atoms with Crippen LogP contribution in [0.4, 0.5) is 0 Å². The third-order valence-corrected chi connectivity index (χ3v) is 1.81. The summed E-state index contributed by atoms with van der Waals surface area (Å²) in [6.45, 7) is 0.215. The van der Waals surface area contributed by atoms with Gasteiger partial charge in [0.25, 0.3) is 0 Å². The minimum atomic E-state index is -0.00217. The summed E-state index contributed by atoms with van der Waals surface area (Å²) in [5.41, 5.74) is 0.642. The number of carbonyl (C=O) groups is 1. The predicted octanol–water partition coefficient (Wildman–Crippen LogP) is 0.683. The molecule has 1 aromatic rings. The number of nitrogens with zero attached hydrogens (tertiary/aromatic N) is 1. The minimum absolute atomic E-state index is 0.00217. The SMILES string of the molecule is COc1ccc(C(=O)CN(C)N)cc1. The summed E-state index contributed by atoms with van der Waals surface area (Å²) >= 11 is 0. The molecule has 0 aliphatic heterocycles. The summed E-state index contributed by atoms with van der Waals surface area (Å²) < 4.78 is 4.98. The lowest BCUT2D eigenvalue weighted by atomic mass is 10.1. The first-order valence-electron chi connectivity index (χ1n) is 4.26. The van der Waals surface area contributed by atoms with Crippen LogP contribution >= 0.6 is 0 Å². The molecule has 76 valence electrons. The second kappa shape index (κ2) is 4.74. The maximum atomic E-state index is 11.5. The number of nitrogens with two attached hydrogens (primary N) is 1. The standard InChI is InChI=1S/C10H14N2O2/c1-12(11)7-10(13)8-3-5-9(14-2)6-4-8/h3-6H,7,11H2,1-2H3. The van der Waals surface area contributed by atoms with Gasteiger partial charge >= 0.3 is 0 Å². The Hall–Kier alpha value is -1.39. The number of hydrogen-bond acceptors (Lipinski definition) is 4. The molecular weight excluding hydrogens is 180 g/mol. The Bertz CT molecular complexity index is 306. The van der Waals surface area contributed by atoms with Gasteiger partial charge in [0, 0.05) is 12.6 Å². The first kappa shape index (κ1) is 10.7. The molecule has 14 heavy (non-hydrogen) atoms. The molecular formula is C10H14N2O2. The van der Waals surface area contributed by atoms with E-state index in [1.54, 1.807) is 38.4 Å². The molecule has 0 saturated heterocycles. The van der Waals surface area contributed by atoms with E-state index in [4.69, 9.17) is 10.6 Å². The number of methoxy groups -OCH3 is 1. The van der Waals surface area contributed by atoms with Crippen molar-refractivity contribution in [2.45, 2.75) is 0 Å². The van der Waals surface area contributed by atoms with Crippen molar-refractivity contribution in [3.05, 3.63) is 29.8 Å². The fourth-order valence-corrected chi connectivity index (χ4v) is 1.09. The molecule has 0 heterocycles. The van der Waals surface area contributed by atoms with Crippen LogP contribution in [0.15, 0.2) is 24.3 Å². The van der Waals surface area contributed by atoms with Crippen molar-refractivity contribution in [1.82, 2.24) is 5.01 Å². The van der Waals surface area contributed by atoms with Crippen LogP contribution in [-0.4, -0.2) is 31.5 Å². The molecule has 0 radical (unpaired) electrons. The number of rotatable bonds is 4. The first-order valence-corrected chi connectivity index (χ1v) is 4.26. The van der Waals surface area contributed by atoms with Crippen LogP contribution in [0.2, 0.25) is 0 Å². The van der Waals surface area contributed by atoms with E-state index >= 15 is 0 Å². The summed E-state index contributed by atoms with van der Waals surface area (Å²) in [5.74, 6) is 6.11. The zero-order valence-corrected chi connectivity index (χ0v) is 8.36. The highest BCUT2D eigenvalue weighted by molar-refractivity contribution is 5.97. The van der Waals surface area contributed by atoms with Crippen molar-refractivity contribution in [3.63, 3.8) is 0 Å². The molecule has 2 N–H and O–H groups in total. The van der Waals surface area contributed by atoms with Gasteiger partial charge in [0.2, 0.25) is 0 Å². The van der Waals surface area contributed by atoms with Crippen molar-refractivity contribution in [1.29, 1.82) is 0 Å². The predicted molar refractivity (Wildman–Crippen MR) is 54.1 cm³/mol. The summed E-state index contributed by atoms with van der Waals surface area (Å²) in [5, 5.41) is 1.35. The van der Waals surface area contributed by atoms with E-state index < -0.39 is 0 Å². The molecule has 0 aromatic heterocycles. The van der Waals surface area contributed by atoms with Crippen LogP contribution in [0.5, 0.6) is 5.75 Å². The fraction of sp³-hybridized carbons (Fsp3) is 0.300. The van der Waals surface area contributed by atoms with Crippen LogP contribution < -0.4 is 10.6 Å². The lowest BCUT2D eigenvalue weighted by molar-refractivity contribution is 0.0947. The molecule has 0 amide bonds. The average Bonchev–Trinajstić information content (AvgIpc) is 2.17. The fourth-order valence-electron chi connectivity index (χ4n) is 1.09. The van der Waals surface area contributed by atoms with Crippen molar-refractivity contribution in [2.24, 2.45) is 5.84 Å². The Morgan fingerprint density at radius 3 is 2.43 bits per heavy atom. The smallest absolute Gasteiger partial charge is 0.178 e. The van der Waals surface area contributed by atoms with E-state index in [0.29, 0.717) is 5.56 Å². The molecule has 1 rings (SSSR count). The van der Waals surface area contributed by atoms with E-state index in [2.05, 4.69) is 0 Å². The molecule has 0 unspecified atom stereocenters. The van der Waals surface area contributed by atoms with Crippen LogP contribution in [0.3, 0.4) is 0 Å². The molecule has 0 aliphatic carbocycles. The van der Waals surface area contributed by atoms with Gasteiger partial charge in [-0.1, -0.05) is 0 Å². The average molecular weight is 194 g/mol. The third-order valence-electron chi connectivity index (χ3n) is 1.81. The molecule has 0 saturated carbocycles. The number of ether oxygens (including phenoxy) is 1. The number of ketones is 1. The highest BCUT2D eigenvalue weighted by Gasteiger charge is 2.06.